The van der Waals surface area contributed by atoms with Crippen LogP contribution in [0, 0.1) is 6.92 Å². The van der Waals surface area contributed by atoms with Gasteiger partial charge in [-0.05, 0) is 54.6 Å². The van der Waals surface area contributed by atoms with Crippen LogP contribution in [0.4, 0.5) is 4.79 Å². The van der Waals surface area contributed by atoms with Crippen LogP contribution >= 0.6 is 23.1 Å². The van der Waals surface area contributed by atoms with Crippen LogP contribution < -0.4 is 16.2 Å². The topological polar surface area (TPSA) is 106 Å². The van der Waals surface area contributed by atoms with Crippen molar-refractivity contribution >= 4 is 45.9 Å². The zero-order chi connectivity index (χ0) is 23.2. The van der Waals surface area contributed by atoms with E-state index in [1.54, 1.807) is 47.9 Å². The van der Waals surface area contributed by atoms with E-state index in [1.807, 2.05) is 30.5 Å². The van der Waals surface area contributed by atoms with Gasteiger partial charge in [0.1, 0.15) is 5.82 Å². The number of fused-ring (bicyclic) bond motifs is 1. The minimum absolute atomic E-state index is 0.0884. The van der Waals surface area contributed by atoms with Crippen molar-refractivity contribution in [2.45, 2.75) is 18.5 Å². The maximum atomic E-state index is 13.2. The number of benzene rings is 1. The van der Waals surface area contributed by atoms with Crippen molar-refractivity contribution in [1.82, 2.24) is 25.2 Å². The number of pyridine rings is 1. The monoisotopic (exact) mass is 479 g/mol. The highest BCUT2D eigenvalue weighted by Crippen LogP contribution is 2.20. The van der Waals surface area contributed by atoms with Crippen LogP contribution in [-0.2, 0) is 11.2 Å². The number of para-hydroxylation sites is 1. The summed E-state index contributed by atoms with van der Waals surface area (Å²) in [7, 11) is 0. The zero-order valence-corrected chi connectivity index (χ0v) is 19.4. The number of aromatic nitrogens is 3. The van der Waals surface area contributed by atoms with Crippen LogP contribution in [0.1, 0.15) is 10.4 Å². The maximum Gasteiger partial charge on any atom is 0.321 e. The molecule has 10 heteroatoms. The average Bonchev–Trinajstić information content (AvgIpc) is 3.31. The maximum absolute atomic E-state index is 13.2. The molecule has 3 heterocycles. The van der Waals surface area contributed by atoms with Crippen molar-refractivity contribution in [2.24, 2.45) is 0 Å². The number of thiophene rings is 1. The summed E-state index contributed by atoms with van der Waals surface area (Å²) in [4.78, 5) is 47.6. The molecule has 0 aliphatic carbocycles. The number of hydrogen-bond acceptors (Lipinski definition) is 7. The second-order valence-corrected chi connectivity index (χ2v) is 9.14. The normalized spacial score (nSPS) is 10.8. The highest BCUT2D eigenvalue weighted by Gasteiger charge is 2.16. The number of thioether (sulfide) groups is 1. The molecule has 4 aromatic rings. The Morgan fingerprint density at radius 3 is 2.79 bits per heavy atom. The molecule has 168 valence electrons. The zero-order valence-electron chi connectivity index (χ0n) is 17.8. The van der Waals surface area contributed by atoms with Crippen LogP contribution in [-0.4, -0.2) is 38.8 Å². The lowest BCUT2D eigenvalue weighted by atomic mass is 10.2. The molecule has 0 atom stereocenters. The summed E-state index contributed by atoms with van der Waals surface area (Å²) >= 11 is 2.68. The van der Waals surface area contributed by atoms with Crippen molar-refractivity contribution in [1.29, 1.82) is 0 Å². The second-order valence-electron chi connectivity index (χ2n) is 7.17. The summed E-state index contributed by atoms with van der Waals surface area (Å²) < 4.78 is 1.40. The summed E-state index contributed by atoms with van der Waals surface area (Å²) in [5.41, 5.74) is 1.20. The summed E-state index contributed by atoms with van der Waals surface area (Å²) in [6.07, 6.45) is 2.32. The number of urea groups is 1. The number of nitrogens with one attached hydrogen (secondary N) is 2. The molecule has 1 aromatic carbocycles. The van der Waals surface area contributed by atoms with Gasteiger partial charge in [0.2, 0.25) is 5.91 Å². The number of amides is 3. The predicted octanol–water partition coefficient (Wildman–Crippen LogP) is 3.31. The highest BCUT2D eigenvalue weighted by molar-refractivity contribution is 7.99. The Hall–Kier alpha value is -3.50. The Morgan fingerprint density at radius 1 is 1.15 bits per heavy atom. The van der Waals surface area contributed by atoms with Gasteiger partial charge in [0, 0.05) is 17.6 Å². The molecule has 3 amide bonds. The lowest BCUT2D eigenvalue weighted by Gasteiger charge is -2.13. The van der Waals surface area contributed by atoms with Crippen molar-refractivity contribution in [3.63, 3.8) is 0 Å². The third-order valence-corrected chi connectivity index (χ3v) is 6.57. The molecular formula is C23H21N5O3S2. The van der Waals surface area contributed by atoms with E-state index in [-0.39, 0.29) is 11.3 Å². The minimum Gasteiger partial charge on any atom is -0.337 e. The minimum atomic E-state index is -0.554. The molecular weight excluding hydrogens is 458 g/mol. The number of imide groups is 1. The molecule has 2 N–H and O–H groups in total. The number of aryl methyl sites for hydroxylation is 1. The largest absolute Gasteiger partial charge is 0.337 e. The number of nitrogens with zero attached hydrogens (tertiary/aromatic N) is 3. The molecule has 0 radical (unpaired) electrons. The predicted molar refractivity (Wildman–Crippen MR) is 130 cm³/mol. The van der Waals surface area contributed by atoms with Gasteiger partial charge in [0.15, 0.2) is 5.16 Å². The molecule has 0 spiro atoms. The fourth-order valence-corrected chi connectivity index (χ4v) is 4.65. The lowest BCUT2D eigenvalue weighted by molar-refractivity contribution is -0.117. The van der Waals surface area contributed by atoms with E-state index in [0.29, 0.717) is 34.8 Å². The molecule has 0 unspecified atom stereocenters. The number of hydrogen-bond donors (Lipinski definition) is 2. The third-order valence-electron chi connectivity index (χ3n) is 4.70. The van der Waals surface area contributed by atoms with Gasteiger partial charge >= 0.3 is 6.03 Å². The number of carbonyl (C=O) groups excluding carboxylic acids is 2. The van der Waals surface area contributed by atoms with E-state index in [0.717, 1.165) is 22.2 Å². The molecule has 33 heavy (non-hydrogen) atoms. The quantitative estimate of drug-likeness (QED) is 0.311. The van der Waals surface area contributed by atoms with Gasteiger partial charge < -0.3 is 5.32 Å². The Labute approximate surface area is 198 Å². The van der Waals surface area contributed by atoms with Gasteiger partial charge in [0.25, 0.3) is 5.56 Å². The van der Waals surface area contributed by atoms with E-state index in [9.17, 15) is 14.4 Å². The first-order valence-electron chi connectivity index (χ1n) is 10.2. The third kappa shape index (κ3) is 5.65. The summed E-state index contributed by atoms with van der Waals surface area (Å²) in [6.45, 7) is 2.33. The smallest absolute Gasteiger partial charge is 0.321 e. The van der Waals surface area contributed by atoms with Gasteiger partial charge in [-0.15, -0.1) is 11.3 Å². The molecule has 0 fully saturated rings. The summed E-state index contributed by atoms with van der Waals surface area (Å²) in [5, 5.41) is 7.74. The van der Waals surface area contributed by atoms with E-state index < -0.39 is 11.9 Å². The van der Waals surface area contributed by atoms with Gasteiger partial charge in [0.05, 0.1) is 16.7 Å². The van der Waals surface area contributed by atoms with Gasteiger partial charge in [-0.1, -0.05) is 30.0 Å². The van der Waals surface area contributed by atoms with Crippen molar-refractivity contribution in [3.05, 3.63) is 80.9 Å². The first kappa shape index (κ1) is 22.7. The van der Waals surface area contributed by atoms with Crippen LogP contribution in [0.5, 0.6) is 0 Å². The van der Waals surface area contributed by atoms with E-state index >= 15 is 0 Å². The van der Waals surface area contributed by atoms with Crippen LogP contribution in [0.3, 0.4) is 0 Å². The first-order chi connectivity index (χ1) is 16.0. The first-order valence-corrected chi connectivity index (χ1v) is 12.1. The van der Waals surface area contributed by atoms with E-state index in [1.165, 1.54) is 4.57 Å². The van der Waals surface area contributed by atoms with Crippen molar-refractivity contribution < 1.29 is 9.59 Å². The molecule has 0 bridgehead atoms. The van der Waals surface area contributed by atoms with Gasteiger partial charge in [-0.2, -0.15) is 0 Å². The Bertz CT molecular complexity index is 1350. The molecule has 0 saturated carbocycles. The number of carbonyl (C=O) groups is 2. The highest BCUT2D eigenvalue weighted by atomic mass is 32.2. The SMILES string of the molecule is Cc1ccnc(-n2c(SCC(=O)NC(=O)NCCc3cccs3)nc3ccccc3c2=O)c1. The standard InChI is InChI=1S/C23H21N5O3S2/c1-15-8-10-24-19(13-15)28-21(30)17-6-2-3-7-18(17)26-23(28)33-14-20(29)27-22(31)25-11-9-16-5-4-12-32-16/h2-8,10,12-13H,9,11,14H2,1H3,(H2,25,27,29,31). The molecule has 0 aliphatic rings. The molecule has 8 nitrogen and oxygen atoms in total. The molecule has 3 aromatic heterocycles. The average molecular weight is 480 g/mol. The number of rotatable bonds is 7. The fourth-order valence-electron chi connectivity index (χ4n) is 3.14. The van der Waals surface area contributed by atoms with Gasteiger partial charge in [-0.25, -0.2) is 19.3 Å². The Morgan fingerprint density at radius 2 is 2.00 bits per heavy atom. The van der Waals surface area contributed by atoms with Crippen LogP contribution in [0.2, 0.25) is 0 Å². The fraction of sp³-hybridized carbons (Fsp3) is 0.174. The van der Waals surface area contributed by atoms with Gasteiger partial charge in [-0.3, -0.25) is 14.9 Å². The van der Waals surface area contributed by atoms with Crippen molar-refractivity contribution in [3.8, 4) is 5.82 Å². The second kappa shape index (κ2) is 10.4. The molecule has 4 rings (SSSR count). The Balaban J connectivity index is 1.47. The van der Waals surface area contributed by atoms with Crippen LogP contribution in [0.25, 0.3) is 16.7 Å². The molecule has 0 saturated heterocycles. The summed E-state index contributed by atoms with van der Waals surface area (Å²) in [5.74, 6) is -0.151. The van der Waals surface area contributed by atoms with E-state index in [4.69, 9.17) is 0 Å². The van der Waals surface area contributed by atoms with Crippen LogP contribution in [0.15, 0.2) is 70.1 Å². The lowest BCUT2D eigenvalue weighted by Crippen LogP contribution is -2.41. The molecule has 0 aliphatic heterocycles. The summed E-state index contributed by atoms with van der Waals surface area (Å²) in [6, 6.07) is 14.0. The Kier molecular flexibility index (Phi) is 7.16. The van der Waals surface area contributed by atoms with E-state index in [2.05, 4.69) is 20.6 Å². The van der Waals surface area contributed by atoms with Crippen molar-refractivity contribution in [2.75, 3.05) is 12.3 Å².